The van der Waals surface area contributed by atoms with E-state index in [1.807, 2.05) is 6.92 Å². The summed E-state index contributed by atoms with van der Waals surface area (Å²) in [4.78, 5) is 29.1. The van der Waals surface area contributed by atoms with E-state index in [1.165, 1.54) is 60.8 Å². The molecule has 1 unspecified atom stereocenters. The van der Waals surface area contributed by atoms with Crippen molar-refractivity contribution < 1.29 is 22.5 Å². The van der Waals surface area contributed by atoms with Crippen LogP contribution in [0.2, 0.25) is 0 Å². The molecule has 208 valence electrons. The zero-order valence-corrected chi connectivity index (χ0v) is 23.7. The van der Waals surface area contributed by atoms with Gasteiger partial charge in [0, 0.05) is 24.2 Å². The number of fused-ring (bicyclic) bond motifs is 1. The molecule has 1 aliphatic heterocycles. The number of amides is 1. The average molecular weight is 602 g/mol. The number of hydrogen-bond donors (Lipinski definition) is 0. The molecule has 1 atom stereocenters. The number of piperidine rings is 1. The molecule has 4 aromatic rings. The second-order valence-electron chi connectivity index (χ2n) is 9.10. The second kappa shape index (κ2) is 11.5. The molecule has 5 rings (SSSR count). The van der Waals surface area contributed by atoms with Crippen molar-refractivity contribution in [3.05, 3.63) is 81.0 Å². The van der Waals surface area contributed by atoms with Gasteiger partial charge in [0.2, 0.25) is 15.2 Å². The number of nitrogens with zero attached hydrogens (tertiary/aromatic N) is 5. The Hall–Kier alpha value is -3.59. The molecule has 1 amide bonds. The molecule has 14 heteroatoms. The number of thiophene rings is 1. The van der Waals surface area contributed by atoms with Gasteiger partial charge in [-0.2, -0.15) is 14.4 Å². The monoisotopic (exact) mass is 601 g/mol. The molecule has 1 aliphatic rings. The number of aromatic nitrogens is 1. The Kier molecular flexibility index (Phi) is 8.03. The van der Waals surface area contributed by atoms with Crippen LogP contribution in [0.15, 0.2) is 64.6 Å². The molecule has 1 saturated heterocycles. The Labute approximate surface area is 237 Å². The first kappa shape index (κ1) is 28.0. The number of rotatable bonds is 8. The molecular weight excluding hydrogens is 578 g/mol. The molecule has 40 heavy (non-hydrogen) atoms. The number of sulfonamides is 1. The SMILES string of the molecule is CCC1CCCCN1S(=O)(=O)c1ccc(C(=O)N(/N=C/c2ccc([N+](=O)[O-])s2)c2nc3ccc(F)cc3s2)cc1. The molecule has 0 radical (unpaired) electrons. The summed E-state index contributed by atoms with van der Waals surface area (Å²) >= 11 is 1.94. The minimum absolute atomic E-state index is 0.0539. The van der Waals surface area contributed by atoms with E-state index in [2.05, 4.69) is 10.1 Å². The van der Waals surface area contributed by atoms with Crippen LogP contribution in [-0.4, -0.2) is 47.3 Å². The highest BCUT2D eigenvalue weighted by Gasteiger charge is 2.32. The number of carbonyl (C=O) groups is 1. The van der Waals surface area contributed by atoms with Crippen LogP contribution in [0, 0.1) is 15.9 Å². The van der Waals surface area contributed by atoms with Gasteiger partial charge in [0.15, 0.2) is 0 Å². The largest absolute Gasteiger partial charge is 0.324 e. The first-order valence-corrected chi connectivity index (χ1v) is 15.6. The molecule has 10 nitrogen and oxygen atoms in total. The van der Waals surface area contributed by atoms with Gasteiger partial charge < -0.3 is 0 Å². The van der Waals surface area contributed by atoms with E-state index in [0.29, 0.717) is 21.6 Å². The van der Waals surface area contributed by atoms with Gasteiger partial charge >= 0.3 is 5.00 Å². The van der Waals surface area contributed by atoms with Gasteiger partial charge in [-0.3, -0.25) is 14.9 Å². The van der Waals surface area contributed by atoms with Crippen molar-refractivity contribution in [2.75, 3.05) is 11.6 Å². The quantitative estimate of drug-likeness (QED) is 0.138. The lowest BCUT2D eigenvalue weighted by molar-refractivity contribution is -0.380. The van der Waals surface area contributed by atoms with E-state index in [4.69, 9.17) is 0 Å². The minimum Gasteiger partial charge on any atom is -0.267 e. The fraction of sp³-hybridized carbons (Fsp3) is 0.269. The first-order chi connectivity index (χ1) is 19.2. The maximum Gasteiger partial charge on any atom is 0.324 e. The van der Waals surface area contributed by atoms with Crippen LogP contribution in [0.4, 0.5) is 14.5 Å². The highest BCUT2D eigenvalue weighted by atomic mass is 32.2. The van der Waals surface area contributed by atoms with Crippen molar-refractivity contribution in [1.82, 2.24) is 9.29 Å². The lowest BCUT2D eigenvalue weighted by Gasteiger charge is -2.34. The lowest BCUT2D eigenvalue weighted by Crippen LogP contribution is -2.43. The maximum absolute atomic E-state index is 13.8. The third kappa shape index (κ3) is 5.66. The molecule has 0 saturated carbocycles. The molecule has 0 N–H and O–H groups in total. The topological polar surface area (TPSA) is 126 Å². The highest BCUT2D eigenvalue weighted by molar-refractivity contribution is 7.89. The van der Waals surface area contributed by atoms with Crippen LogP contribution < -0.4 is 5.01 Å². The number of nitro groups is 1. The van der Waals surface area contributed by atoms with E-state index < -0.39 is 26.7 Å². The van der Waals surface area contributed by atoms with Crippen LogP contribution in [0.5, 0.6) is 0 Å². The molecule has 2 aromatic heterocycles. The number of anilines is 1. The van der Waals surface area contributed by atoms with Gasteiger partial charge in [-0.05, 0) is 67.8 Å². The van der Waals surface area contributed by atoms with Crippen molar-refractivity contribution >= 4 is 65.2 Å². The van der Waals surface area contributed by atoms with Crippen LogP contribution in [-0.2, 0) is 10.0 Å². The third-order valence-corrected chi connectivity index (χ3v) is 10.5. The first-order valence-electron chi connectivity index (χ1n) is 12.5. The van der Waals surface area contributed by atoms with Crippen molar-refractivity contribution in [2.45, 2.75) is 43.5 Å². The summed E-state index contributed by atoms with van der Waals surface area (Å²) in [6, 6.07) is 12.5. The fourth-order valence-electron chi connectivity index (χ4n) is 4.52. The minimum atomic E-state index is -3.73. The number of benzene rings is 2. The number of hydrazone groups is 1. The number of carbonyl (C=O) groups excluding carboxylic acids is 1. The molecule has 3 heterocycles. The second-order valence-corrected chi connectivity index (χ2v) is 13.1. The van der Waals surface area contributed by atoms with E-state index in [-0.39, 0.29) is 26.6 Å². The zero-order valence-electron chi connectivity index (χ0n) is 21.3. The maximum atomic E-state index is 13.8. The molecule has 0 aliphatic carbocycles. The summed E-state index contributed by atoms with van der Waals surface area (Å²) < 4.78 is 42.5. The third-order valence-electron chi connectivity index (χ3n) is 6.56. The van der Waals surface area contributed by atoms with Gasteiger partial charge in [-0.1, -0.05) is 36.0 Å². The van der Waals surface area contributed by atoms with Crippen molar-refractivity contribution in [1.29, 1.82) is 0 Å². The molecule has 1 fully saturated rings. The Morgan fingerprint density at radius 2 is 1.98 bits per heavy atom. The van der Waals surface area contributed by atoms with E-state index in [0.717, 1.165) is 53.4 Å². The standard InChI is InChI=1S/C26H24FN5O5S3/c1-2-19-5-3-4-14-30(19)40(36,37)21-10-6-17(7-11-21)25(33)31(28-16-20-9-13-24(38-20)32(34)35)26-29-22-12-8-18(27)15-23(22)39-26/h6-13,15-16,19H,2-5,14H2,1H3/b28-16+. The zero-order chi connectivity index (χ0) is 28.4. The van der Waals surface area contributed by atoms with Gasteiger partial charge in [0.05, 0.1) is 31.1 Å². The summed E-state index contributed by atoms with van der Waals surface area (Å²) in [5.41, 5.74) is 0.624. The van der Waals surface area contributed by atoms with E-state index in [1.54, 1.807) is 4.31 Å². The lowest BCUT2D eigenvalue weighted by atomic mass is 10.0. The summed E-state index contributed by atoms with van der Waals surface area (Å²) in [5.74, 6) is -1.05. The van der Waals surface area contributed by atoms with E-state index in [9.17, 15) is 27.7 Å². The Morgan fingerprint density at radius 1 is 1.20 bits per heavy atom. The highest BCUT2D eigenvalue weighted by Crippen LogP contribution is 2.32. The fourth-order valence-corrected chi connectivity index (χ4v) is 7.92. The van der Waals surface area contributed by atoms with Crippen LogP contribution >= 0.6 is 22.7 Å². The Morgan fingerprint density at radius 3 is 2.67 bits per heavy atom. The molecule has 2 aromatic carbocycles. The molecular formula is C26H24FN5O5S3. The van der Waals surface area contributed by atoms with E-state index >= 15 is 0 Å². The molecule has 0 bridgehead atoms. The predicted octanol–water partition coefficient (Wildman–Crippen LogP) is 6.04. The van der Waals surface area contributed by atoms with Crippen molar-refractivity contribution in [2.24, 2.45) is 5.10 Å². The summed E-state index contributed by atoms with van der Waals surface area (Å²) in [7, 11) is -3.73. The van der Waals surface area contributed by atoms with Crippen LogP contribution in [0.1, 0.15) is 47.8 Å². The van der Waals surface area contributed by atoms with Crippen LogP contribution in [0.25, 0.3) is 10.2 Å². The van der Waals surface area contributed by atoms with Gasteiger partial charge in [-0.15, -0.1) is 0 Å². The van der Waals surface area contributed by atoms with Crippen LogP contribution in [0.3, 0.4) is 0 Å². The molecule has 0 spiro atoms. The summed E-state index contributed by atoms with van der Waals surface area (Å²) in [5, 5.41) is 16.4. The number of hydrogen-bond acceptors (Lipinski definition) is 9. The smallest absolute Gasteiger partial charge is 0.267 e. The van der Waals surface area contributed by atoms with Crippen molar-refractivity contribution in [3.8, 4) is 0 Å². The normalized spacial score (nSPS) is 16.5. The van der Waals surface area contributed by atoms with Crippen molar-refractivity contribution in [3.63, 3.8) is 0 Å². The van der Waals surface area contributed by atoms with Gasteiger partial charge in [-0.25, -0.2) is 17.8 Å². The predicted molar refractivity (Wildman–Crippen MR) is 153 cm³/mol. The average Bonchev–Trinajstić information content (AvgIpc) is 3.60. The summed E-state index contributed by atoms with van der Waals surface area (Å²) in [6.07, 6.45) is 4.65. The summed E-state index contributed by atoms with van der Waals surface area (Å²) in [6.45, 7) is 2.43. The Bertz CT molecular complexity index is 1700. The number of thiazole rings is 1. The van der Waals surface area contributed by atoms with Gasteiger partial charge in [0.25, 0.3) is 5.91 Å². The Balaban J connectivity index is 1.47. The van der Waals surface area contributed by atoms with Gasteiger partial charge in [0.1, 0.15) is 5.82 Å². The number of halogens is 1.